The summed E-state index contributed by atoms with van der Waals surface area (Å²) in [6.45, 7) is 6.23. The number of carbonyl (C=O) groups is 2. The number of halogens is 1. The molecule has 4 rings (SSSR count). The van der Waals surface area contributed by atoms with E-state index >= 15 is 0 Å². The molecule has 0 saturated heterocycles. The van der Waals surface area contributed by atoms with Crippen molar-refractivity contribution in [3.05, 3.63) is 74.5 Å². The fraction of sp³-hybridized carbons (Fsp3) is 0.379. The number of carbonyl (C=O) groups excluding carboxylic acids is 2. The second-order valence-electron chi connectivity index (χ2n) is 9.21. The number of phenols is 1. The monoisotopic (exact) mass is 569 g/mol. The highest BCUT2D eigenvalue weighted by molar-refractivity contribution is 9.10. The van der Waals surface area contributed by atoms with Crippen molar-refractivity contribution in [3.63, 3.8) is 0 Å². The number of benzene rings is 2. The first-order chi connectivity index (χ1) is 17.8. The summed E-state index contributed by atoms with van der Waals surface area (Å²) in [5.41, 5.74) is 4.12. The maximum absolute atomic E-state index is 13.8. The Morgan fingerprint density at radius 2 is 1.86 bits per heavy atom. The van der Waals surface area contributed by atoms with Crippen LogP contribution < -0.4 is 14.8 Å². The summed E-state index contributed by atoms with van der Waals surface area (Å²) < 4.78 is 16.9. The number of allylic oxidation sites excluding steroid dienone is 3. The summed E-state index contributed by atoms with van der Waals surface area (Å²) in [6, 6.07) is 11.2. The highest BCUT2D eigenvalue weighted by Gasteiger charge is 2.42. The van der Waals surface area contributed by atoms with Crippen molar-refractivity contribution in [2.45, 2.75) is 51.9 Å². The van der Waals surface area contributed by atoms with Crippen LogP contribution in [0.1, 0.15) is 63.0 Å². The van der Waals surface area contributed by atoms with E-state index in [4.69, 9.17) is 14.2 Å². The highest BCUT2D eigenvalue weighted by Crippen LogP contribution is 2.48. The molecule has 2 unspecified atom stereocenters. The van der Waals surface area contributed by atoms with E-state index in [2.05, 4.69) is 21.2 Å². The molecule has 0 bridgehead atoms. The van der Waals surface area contributed by atoms with E-state index in [0.29, 0.717) is 52.7 Å². The van der Waals surface area contributed by atoms with Crippen molar-refractivity contribution in [2.24, 2.45) is 0 Å². The molecular weight excluding hydrogens is 538 g/mol. The first kappa shape index (κ1) is 26.8. The van der Waals surface area contributed by atoms with E-state index in [-0.39, 0.29) is 29.8 Å². The number of Topliss-reactive ketones (excluding diaryl/α,β-unsaturated/α-hetero) is 1. The highest BCUT2D eigenvalue weighted by atomic mass is 79.9. The third-order valence-corrected chi connectivity index (χ3v) is 7.36. The van der Waals surface area contributed by atoms with Crippen molar-refractivity contribution in [3.8, 4) is 17.2 Å². The molecule has 2 aliphatic rings. The molecule has 2 atom stereocenters. The van der Waals surface area contributed by atoms with E-state index in [1.807, 2.05) is 45.0 Å². The Kier molecular flexibility index (Phi) is 8.27. The number of aromatic hydroxyl groups is 1. The lowest BCUT2D eigenvalue weighted by atomic mass is 9.71. The first-order valence-electron chi connectivity index (χ1n) is 12.5. The largest absolute Gasteiger partial charge is 0.503 e. The van der Waals surface area contributed by atoms with Crippen LogP contribution in [0.5, 0.6) is 17.2 Å². The number of ether oxygens (including phenoxy) is 3. The van der Waals surface area contributed by atoms with Gasteiger partial charge in [0.1, 0.15) is 5.75 Å². The molecule has 8 heteroatoms. The molecule has 0 amide bonds. The van der Waals surface area contributed by atoms with Gasteiger partial charge in [0.15, 0.2) is 17.3 Å². The van der Waals surface area contributed by atoms with Gasteiger partial charge in [-0.3, -0.25) is 4.79 Å². The number of hydrogen-bond donors (Lipinski definition) is 2. The summed E-state index contributed by atoms with van der Waals surface area (Å²) in [5, 5.41) is 13.9. The third-order valence-electron chi connectivity index (χ3n) is 6.76. The Balaban J connectivity index is 1.81. The van der Waals surface area contributed by atoms with Crippen LogP contribution in [0.25, 0.3) is 0 Å². The lowest BCUT2D eigenvalue weighted by molar-refractivity contribution is -0.139. The number of methoxy groups -OCH3 is 1. The van der Waals surface area contributed by atoms with Crippen molar-refractivity contribution < 1.29 is 28.9 Å². The minimum atomic E-state index is -0.652. The zero-order valence-electron chi connectivity index (χ0n) is 21.5. The van der Waals surface area contributed by atoms with Gasteiger partial charge in [0.2, 0.25) is 0 Å². The van der Waals surface area contributed by atoms with Crippen molar-refractivity contribution in [2.75, 3.05) is 20.3 Å². The van der Waals surface area contributed by atoms with Gasteiger partial charge >= 0.3 is 5.97 Å². The molecule has 0 saturated carbocycles. The van der Waals surface area contributed by atoms with Gasteiger partial charge in [-0.15, -0.1) is 0 Å². The van der Waals surface area contributed by atoms with Gasteiger partial charge in [0.05, 0.1) is 30.4 Å². The Hall–Kier alpha value is -3.26. The van der Waals surface area contributed by atoms with E-state index in [0.717, 1.165) is 17.0 Å². The molecule has 37 heavy (non-hydrogen) atoms. The number of hydrogen-bond acceptors (Lipinski definition) is 7. The van der Waals surface area contributed by atoms with Crippen LogP contribution in [0.2, 0.25) is 0 Å². The molecule has 2 N–H and O–H groups in total. The van der Waals surface area contributed by atoms with E-state index in [9.17, 15) is 14.7 Å². The van der Waals surface area contributed by atoms with Gasteiger partial charge in [-0.05, 0) is 83.9 Å². The van der Waals surface area contributed by atoms with E-state index < -0.39 is 11.9 Å². The molecule has 1 heterocycles. The minimum absolute atomic E-state index is 0.00256. The van der Waals surface area contributed by atoms with E-state index in [1.54, 1.807) is 19.2 Å². The van der Waals surface area contributed by atoms with Gasteiger partial charge in [-0.2, -0.15) is 0 Å². The molecule has 1 aliphatic heterocycles. The molecule has 1 aliphatic carbocycles. The van der Waals surface area contributed by atoms with Crippen LogP contribution in [0.4, 0.5) is 0 Å². The van der Waals surface area contributed by atoms with Crippen molar-refractivity contribution in [1.82, 2.24) is 5.32 Å². The van der Waals surface area contributed by atoms with Crippen LogP contribution in [-0.2, 0) is 14.3 Å². The normalized spacial score (nSPS) is 19.3. The number of dihydropyridines is 1. The summed E-state index contributed by atoms with van der Waals surface area (Å²) in [6.07, 6.45) is 1.62. The summed E-state index contributed by atoms with van der Waals surface area (Å²) in [5.74, 6) is -0.132. The third kappa shape index (κ3) is 5.39. The quantitative estimate of drug-likeness (QED) is 0.383. The Morgan fingerprint density at radius 1 is 1.14 bits per heavy atom. The Morgan fingerprint density at radius 3 is 2.51 bits per heavy atom. The maximum Gasteiger partial charge on any atom is 0.336 e. The lowest BCUT2D eigenvalue weighted by Crippen LogP contribution is -2.36. The second kappa shape index (κ2) is 11.4. The number of phenolic OH excluding ortho intramolecular Hbond substituents is 1. The summed E-state index contributed by atoms with van der Waals surface area (Å²) in [7, 11) is 1.62. The van der Waals surface area contributed by atoms with Crippen LogP contribution in [0.15, 0.2) is 63.4 Å². The molecule has 0 radical (unpaired) electrons. The van der Waals surface area contributed by atoms with Gasteiger partial charge < -0.3 is 24.6 Å². The van der Waals surface area contributed by atoms with Gasteiger partial charge in [-0.25, -0.2) is 4.79 Å². The van der Waals surface area contributed by atoms with Crippen molar-refractivity contribution in [1.29, 1.82) is 0 Å². The molecule has 0 fully saturated rings. The zero-order valence-corrected chi connectivity index (χ0v) is 23.1. The molecule has 0 aromatic heterocycles. The maximum atomic E-state index is 13.8. The van der Waals surface area contributed by atoms with Crippen molar-refractivity contribution >= 4 is 27.7 Å². The first-order valence-corrected chi connectivity index (χ1v) is 13.3. The average molecular weight is 570 g/mol. The minimum Gasteiger partial charge on any atom is -0.503 e. The number of ketones is 1. The fourth-order valence-electron chi connectivity index (χ4n) is 5.05. The van der Waals surface area contributed by atoms with Gasteiger partial charge in [0, 0.05) is 29.3 Å². The van der Waals surface area contributed by atoms with Crippen LogP contribution in [0.3, 0.4) is 0 Å². The number of nitrogens with one attached hydrogen (secondary N) is 1. The predicted molar refractivity (Wildman–Crippen MR) is 144 cm³/mol. The molecule has 0 spiro atoms. The summed E-state index contributed by atoms with van der Waals surface area (Å²) >= 11 is 3.41. The topological polar surface area (TPSA) is 94.1 Å². The van der Waals surface area contributed by atoms with Gasteiger partial charge in [0.25, 0.3) is 0 Å². The standard InChI is InChI=1S/C29H32BrNO6/c1-5-11-37-29(34)25-16(3)31-22-13-18(17-7-9-20(35-4)10-8-17)14-23(32)27(22)26(25)19-12-21(30)28(33)24(15-19)36-6-2/h7-10,12,15,18,26,31,33H,5-6,11,13-14H2,1-4H3. The zero-order chi connectivity index (χ0) is 26.7. The smallest absolute Gasteiger partial charge is 0.336 e. The average Bonchev–Trinajstić information content (AvgIpc) is 2.89. The molecule has 196 valence electrons. The number of esters is 1. The van der Waals surface area contributed by atoms with Crippen LogP contribution in [-0.4, -0.2) is 37.2 Å². The molecule has 2 aromatic carbocycles. The Bertz CT molecular complexity index is 1260. The SMILES string of the molecule is CCCOC(=O)C1=C(C)NC2=C(C(=O)CC(c3ccc(OC)cc3)C2)C1c1cc(Br)c(O)c(OCC)c1. The molecule has 2 aromatic rings. The lowest BCUT2D eigenvalue weighted by Gasteiger charge is -2.37. The molecule has 7 nitrogen and oxygen atoms in total. The second-order valence-corrected chi connectivity index (χ2v) is 10.1. The molecular formula is C29H32BrNO6. The summed E-state index contributed by atoms with van der Waals surface area (Å²) in [4.78, 5) is 27.1. The Labute approximate surface area is 225 Å². The number of rotatable bonds is 8. The van der Waals surface area contributed by atoms with Gasteiger partial charge in [-0.1, -0.05) is 19.1 Å². The fourth-order valence-corrected chi connectivity index (χ4v) is 5.51. The van der Waals surface area contributed by atoms with E-state index in [1.165, 1.54) is 0 Å². The van der Waals surface area contributed by atoms with Crippen LogP contribution in [0, 0.1) is 0 Å². The van der Waals surface area contributed by atoms with Crippen LogP contribution >= 0.6 is 15.9 Å². The predicted octanol–water partition coefficient (Wildman–Crippen LogP) is 5.88.